The molecule has 0 saturated carbocycles. The van der Waals surface area contributed by atoms with Crippen LogP contribution >= 0.6 is 0 Å². The van der Waals surface area contributed by atoms with Crippen LogP contribution in [0.4, 0.5) is 17.1 Å². The van der Waals surface area contributed by atoms with Gasteiger partial charge >= 0.3 is 0 Å². The van der Waals surface area contributed by atoms with Gasteiger partial charge in [0.05, 0.1) is 5.69 Å². The van der Waals surface area contributed by atoms with E-state index in [9.17, 15) is 0 Å². The van der Waals surface area contributed by atoms with Crippen molar-refractivity contribution in [3.8, 4) is 55.6 Å². The molecule has 17 rings (SSSR count). The first kappa shape index (κ1) is 70.6. The third-order valence-corrected chi connectivity index (χ3v) is 25.9. The van der Waals surface area contributed by atoms with E-state index in [0.29, 0.717) is 0 Å². The molecule has 0 bridgehead atoms. The van der Waals surface area contributed by atoms with Crippen molar-refractivity contribution in [3.63, 3.8) is 0 Å². The van der Waals surface area contributed by atoms with Crippen molar-refractivity contribution in [3.05, 3.63) is 246 Å². The van der Waals surface area contributed by atoms with Gasteiger partial charge in [0.15, 0.2) is 0 Å². The molecule has 0 aliphatic heterocycles. The van der Waals surface area contributed by atoms with E-state index >= 15 is 0 Å². The molecular weight excluding hydrogens is 1300 g/mol. The first-order valence-electron chi connectivity index (χ1n) is 42.0. The zero-order valence-electron chi connectivity index (χ0n) is 64.7. The van der Waals surface area contributed by atoms with Gasteiger partial charge in [0.25, 0.3) is 0 Å². The highest BCUT2D eigenvalue weighted by Gasteiger charge is 2.49. The van der Waals surface area contributed by atoms with E-state index in [2.05, 4.69) is 259 Å². The molecule has 0 saturated heterocycles. The Kier molecular flexibility index (Phi) is 20.0. The fourth-order valence-corrected chi connectivity index (χ4v) is 20.4. The molecule has 4 nitrogen and oxygen atoms in total. The summed E-state index contributed by atoms with van der Waals surface area (Å²) in [5.41, 5.74) is 30.3. The summed E-state index contributed by atoms with van der Waals surface area (Å²) in [7, 11) is 0. The summed E-state index contributed by atoms with van der Waals surface area (Å²) in [5, 5.41) is 7.14. The van der Waals surface area contributed by atoms with Crippen molar-refractivity contribution in [1.29, 1.82) is 0 Å². The molecular formula is C103H109NO3. The zero-order chi connectivity index (χ0) is 72.6. The minimum atomic E-state index is -0.397. The normalized spacial score (nSPS) is 14.2. The van der Waals surface area contributed by atoms with Crippen LogP contribution in [-0.2, 0) is 16.2 Å². The highest BCUT2D eigenvalue weighted by Crippen LogP contribution is 2.64. The van der Waals surface area contributed by atoms with Crippen molar-refractivity contribution in [2.45, 2.75) is 238 Å². The van der Waals surface area contributed by atoms with Gasteiger partial charge in [-0.05, 0) is 189 Å². The molecule has 3 aromatic heterocycles. The molecule has 544 valence electrons. The number of fused-ring (bicyclic) bond motifs is 20. The molecule has 0 spiro atoms. The van der Waals surface area contributed by atoms with E-state index in [0.717, 1.165) is 79.3 Å². The Labute approximate surface area is 636 Å². The second kappa shape index (κ2) is 30.3. The number of hydrogen-bond donors (Lipinski definition) is 0. The van der Waals surface area contributed by atoms with E-state index in [4.69, 9.17) is 13.3 Å². The molecule has 0 radical (unpaired) electrons. The van der Waals surface area contributed by atoms with Crippen LogP contribution in [0.15, 0.2) is 226 Å². The fourth-order valence-electron chi connectivity index (χ4n) is 20.4. The lowest BCUT2D eigenvalue weighted by Crippen LogP contribution is -2.27. The monoisotopic (exact) mass is 1410 g/mol. The quantitative estimate of drug-likeness (QED) is 0.0385. The molecule has 14 aromatic rings. The van der Waals surface area contributed by atoms with Crippen molar-refractivity contribution < 1.29 is 13.3 Å². The summed E-state index contributed by atoms with van der Waals surface area (Å²) in [4.78, 5) is 2.66. The van der Waals surface area contributed by atoms with E-state index in [1.165, 1.54) is 256 Å². The molecule has 0 N–H and O–H groups in total. The largest absolute Gasteiger partial charge is 0.456 e. The topological polar surface area (TPSA) is 42.7 Å². The van der Waals surface area contributed by atoms with Crippen LogP contribution in [0, 0.1) is 0 Å². The van der Waals surface area contributed by atoms with Gasteiger partial charge < -0.3 is 18.2 Å². The minimum Gasteiger partial charge on any atom is -0.456 e. The first-order valence-corrected chi connectivity index (χ1v) is 42.0. The van der Waals surface area contributed by atoms with Crippen LogP contribution in [0.3, 0.4) is 0 Å². The zero-order valence-corrected chi connectivity index (χ0v) is 64.7. The highest BCUT2D eigenvalue weighted by molar-refractivity contribution is 6.20. The first-order chi connectivity index (χ1) is 52.7. The van der Waals surface area contributed by atoms with Crippen LogP contribution in [0.2, 0.25) is 0 Å². The van der Waals surface area contributed by atoms with Gasteiger partial charge in [0.2, 0.25) is 0 Å². The maximum Gasteiger partial charge on any atom is 0.143 e. The second-order valence-corrected chi connectivity index (χ2v) is 32.9. The van der Waals surface area contributed by atoms with Crippen molar-refractivity contribution >= 4 is 82.9 Å². The van der Waals surface area contributed by atoms with Crippen molar-refractivity contribution in [2.75, 3.05) is 4.90 Å². The summed E-state index contributed by atoms with van der Waals surface area (Å²) < 4.78 is 20.7. The average Bonchev–Trinajstić information content (AvgIpc) is 1.53. The van der Waals surface area contributed by atoms with Crippen molar-refractivity contribution in [1.82, 2.24) is 0 Å². The third-order valence-electron chi connectivity index (χ3n) is 25.9. The third kappa shape index (κ3) is 12.5. The number of para-hydroxylation sites is 4. The molecule has 3 aliphatic carbocycles. The molecule has 11 aromatic carbocycles. The van der Waals surface area contributed by atoms with Gasteiger partial charge in [-0.1, -0.05) is 323 Å². The fraction of sp³-hybridized carbons (Fsp3) is 0.359. The average molecular weight is 1410 g/mol. The molecule has 107 heavy (non-hydrogen) atoms. The summed E-state index contributed by atoms with van der Waals surface area (Å²) in [6.07, 6.45) is 35.3. The van der Waals surface area contributed by atoms with Crippen LogP contribution < -0.4 is 4.90 Å². The molecule has 3 aliphatic rings. The van der Waals surface area contributed by atoms with Crippen LogP contribution in [-0.4, -0.2) is 0 Å². The lowest BCUT2D eigenvalue weighted by Gasteiger charge is -2.35. The van der Waals surface area contributed by atoms with Gasteiger partial charge in [0.1, 0.15) is 33.5 Å². The molecule has 0 fully saturated rings. The molecule has 0 atom stereocenters. The Morgan fingerprint density at radius 2 is 0.729 bits per heavy atom. The molecule has 3 heterocycles. The van der Waals surface area contributed by atoms with E-state index < -0.39 is 5.41 Å². The molecule has 4 heteroatoms. The second-order valence-electron chi connectivity index (χ2n) is 32.9. The van der Waals surface area contributed by atoms with Gasteiger partial charge in [0, 0.05) is 71.1 Å². The van der Waals surface area contributed by atoms with Crippen LogP contribution in [0.25, 0.3) is 121 Å². The summed E-state index contributed by atoms with van der Waals surface area (Å²) in [6, 6.07) is 81.6. The van der Waals surface area contributed by atoms with Gasteiger partial charge in [-0.15, -0.1) is 0 Å². The van der Waals surface area contributed by atoms with E-state index in [1.54, 1.807) is 16.7 Å². The summed E-state index contributed by atoms with van der Waals surface area (Å²) >= 11 is 0. The SMILES string of the molecule is CCCCCCCCC1(CCCCCCCC)c2cc(N(c3ccc4c(c3)C(C)(C)c3cc(-c5ccc6c(c5)oc5ccccc56)c5oc6ccccc6c5c3-4)c3ccccc3-c3ccccc3)ccc2-c2cc3c(cc21)-c1c(ccc2oc4ccccc4c12)C3(CCCCCCCC)CCCCCCCC. The summed E-state index contributed by atoms with van der Waals surface area (Å²) in [6.45, 7) is 14.3. The molecule has 0 unspecified atom stereocenters. The number of anilines is 3. The van der Waals surface area contributed by atoms with E-state index in [-0.39, 0.29) is 10.8 Å². The van der Waals surface area contributed by atoms with E-state index in [1.807, 2.05) is 0 Å². The number of nitrogens with zero attached hydrogens (tertiary/aromatic N) is 1. The van der Waals surface area contributed by atoms with Gasteiger partial charge in [-0.3, -0.25) is 0 Å². The molecule has 0 amide bonds. The smallest absolute Gasteiger partial charge is 0.143 e. The highest BCUT2D eigenvalue weighted by atomic mass is 16.3. The minimum absolute atomic E-state index is 0.119. The Hall–Kier alpha value is -9.38. The lowest BCUT2D eigenvalue weighted by molar-refractivity contribution is 0.394. The predicted molar refractivity (Wildman–Crippen MR) is 456 cm³/mol. The predicted octanol–water partition coefficient (Wildman–Crippen LogP) is 32.0. The van der Waals surface area contributed by atoms with Crippen molar-refractivity contribution in [2.24, 2.45) is 0 Å². The maximum absolute atomic E-state index is 7.12. The standard InChI is InChI=1S/C103H109NO3/c1-7-11-15-19-23-38-60-102(61-39-24-20-16-12-8-2)84-58-59-94-98(79-46-32-36-50-92(79)105-94)97(84)83-69-87-82(68-88(83)102)75-56-53-73(66-86(75)103(87,62-40-25-21-17-13-9-3)63-41-26-22-18-14-10-4)104(90-48-34-30-44-74(90)70-42-28-27-29-43-70)72-54-57-78-85(65-72)101(5,6)89-67-81(100-99(96(78)89)80-47-33-37-51-93(80)107-100)71-52-55-77-76-45-31-35-49-91(76)106-95(77)64-71/h27-37,42-59,64-69H,7-26,38-41,60-63H2,1-6H3. The number of rotatable bonds is 33. The Bertz CT molecular complexity index is 5520. The maximum atomic E-state index is 7.12. The van der Waals surface area contributed by atoms with Crippen LogP contribution in [0.5, 0.6) is 0 Å². The lowest BCUT2D eigenvalue weighted by atomic mass is 9.68. The Morgan fingerprint density at radius 3 is 1.36 bits per heavy atom. The Morgan fingerprint density at radius 1 is 0.271 bits per heavy atom. The number of hydrogen-bond acceptors (Lipinski definition) is 4. The number of benzene rings is 11. The summed E-state index contributed by atoms with van der Waals surface area (Å²) in [5.74, 6) is 0. The van der Waals surface area contributed by atoms with Gasteiger partial charge in [-0.25, -0.2) is 0 Å². The Balaban J connectivity index is 0.869. The van der Waals surface area contributed by atoms with Crippen LogP contribution in [0.1, 0.15) is 255 Å². The van der Waals surface area contributed by atoms with Gasteiger partial charge in [-0.2, -0.15) is 0 Å². The number of furan rings is 3. The number of unbranched alkanes of at least 4 members (excludes halogenated alkanes) is 20.